The standard InChI is InChI=1S/C18H13F3N2O3/c1-26-12-7-10(18(19,20)21)6-11(8-12)23-17(25)14-9-22-15-5-3-2-4-13(15)16(14)24/h2-9H,1H3,(H,22,24)(H,23,25). The van der Waals surface area contributed by atoms with Crippen molar-refractivity contribution in [3.63, 3.8) is 0 Å². The van der Waals surface area contributed by atoms with Gasteiger partial charge >= 0.3 is 6.18 Å². The van der Waals surface area contributed by atoms with Gasteiger partial charge in [-0.25, -0.2) is 0 Å². The Balaban J connectivity index is 1.98. The summed E-state index contributed by atoms with van der Waals surface area (Å²) in [6.45, 7) is 0. The van der Waals surface area contributed by atoms with Gasteiger partial charge in [0, 0.05) is 28.9 Å². The third-order valence-corrected chi connectivity index (χ3v) is 3.76. The molecular weight excluding hydrogens is 349 g/mol. The molecule has 1 heterocycles. The van der Waals surface area contributed by atoms with Crippen LogP contribution >= 0.6 is 0 Å². The topological polar surface area (TPSA) is 71.2 Å². The summed E-state index contributed by atoms with van der Waals surface area (Å²) in [7, 11) is 1.22. The zero-order chi connectivity index (χ0) is 18.9. The van der Waals surface area contributed by atoms with E-state index >= 15 is 0 Å². The first-order valence-corrected chi connectivity index (χ1v) is 7.47. The van der Waals surface area contributed by atoms with Gasteiger partial charge in [0.1, 0.15) is 11.3 Å². The van der Waals surface area contributed by atoms with Gasteiger partial charge in [0.15, 0.2) is 0 Å². The number of hydrogen-bond donors (Lipinski definition) is 2. The largest absolute Gasteiger partial charge is 0.497 e. The molecule has 0 unspecified atom stereocenters. The molecule has 0 saturated heterocycles. The van der Waals surface area contributed by atoms with Gasteiger partial charge in [-0.2, -0.15) is 13.2 Å². The molecule has 3 rings (SSSR count). The molecule has 0 aliphatic carbocycles. The highest BCUT2D eigenvalue weighted by molar-refractivity contribution is 6.05. The molecule has 0 bridgehead atoms. The quantitative estimate of drug-likeness (QED) is 0.744. The van der Waals surface area contributed by atoms with Crippen molar-refractivity contribution in [1.29, 1.82) is 0 Å². The number of halogens is 3. The van der Waals surface area contributed by atoms with Gasteiger partial charge in [-0.1, -0.05) is 12.1 Å². The van der Waals surface area contributed by atoms with E-state index in [0.29, 0.717) is 10.9 Å². The van der Waals surface area contributed by atoms with Crippen LogP contribution in [0.1, 0.15) is 15.9 Å². The van der Waals surface area contributed by atoms with Crippen molar-refractivity contribution in [2.24, 2.45) is 0 Å². The maximum Gasteiger partial charge on any atom is 0.416 e. The third kappa shape index (κ3) is 3.39. The molecule has 1 amide bonds. The van der Waals surface area contributed by atoms with Crippen LogP contribution in [-0.2, 0) is 6.18 Å². The molecule has 0 aliphatic heterocycles. The van der Waals surface area contributed by atoms with Gasteiger partial charge in [0.2, 0.25) is 5.43 Å². The first-order chi connectivity index (χ1) is 12.3. The SMILES string of the molecule is COc1cc(NC(=O)c2c[nH]c3ccccc3c2=O)cc(C(F)(F)F)c1. The Labute approximate surface area is 145 Å². The Morgan fingerprint density at radius 2 is 1.88 bits per heavy atom. The average Bonchev–Trinajstić information content (AvgIpc) is 2.61. The van der Waals surface area contributed by atoms with Crippen LogP contribution in [0.5, 0.6) is 5.75 Å². The summed E-state index contributed by atoms with van der Waals surface area (Å²) >= 11 is 0. The molecule has 0 fully saturated rings. The third-order valence-electron chi connectivity index (χ3n) is 3.76. The average molecular weight is 362 g/mol. The number of aromatic nitrogens is 1. The molecular formula is C18H13F3N2O3. The lowest BCUT2D eigenvalue weighted by atomic mass is 10.1. The molecule has 3 aromatic rings. The highest BCUT2D eigenvalue weighted by Gasteiger charge is 2.31. The maximum atomic E-state index is 13.0. The second kappa shape index (κ2) is 6.55. The number of rotatable bonds is 3. The number of carbonyl (C=O) groups is 1. The van der Waals surface area contributed by atoms with E-state index in [4.69, 9.17) is 4.74 Å². The van der Waals surface area contributed by atoms with E-state index in [1.54, 1.807) is 24.3 Å². The Hall–Kier alpha value is -3.29. The minimum Gasteiger partial charge on any atom is -0.497 e. The van der Waals surface area contributed by atoms with E-state index < -0.39 is 23.1 Å². The lowest BCUT2D eigenvalue weighted by Crippen LogP contribution is -2.22. The predicted molar refractivity (Wildman–Crippen MR) is 90.5 cm³/mol. The van der Waals surface area contributed by atoms with Crippen molar-refractivity contribution < 1.29 is 22.7 Å². The van der Waals surface area contributed by atoms with Crippen molar-refractivity contribution in [1.82, 2.24) is 4.98 Å². The Bertz CT molecular complexity index is 1040. The minimum absolute atomic E-state index is 0.0671. The van der Waals surface area contributed by atoms with Crippen LogP contribution in [-0.4, -0.2) is 18.0 Å². The Morgan fingerprint density at radius 1 is 1.15 bits per heavy atom. The van der Waals surface area contributed by atoms with Gasteiger partial charge < -0.3 is 15.0 Å². The number of carbonyl (C=O) groups excluding carboxylic acids is 1. The highest BCUT2D eigenvalue weighted by atomic mass is 19.4. The lowest BCUT2D eigenvalue weighted by Gasteiger charge is -2.12. The number of aromatic amines is 1. The summed E-state index contributed by atoms with van der Waals surface area (Å²) in [6.07, 6.45) is -3.38. The first kappa shape index (κ1) is 17.5. The number of hydrogen-bond acceptors (Lipinski definition) is 3. The van der Waals surface area contributed by atoms with Crippen LogP contribution in [0.2, 0.25) is 0 Å². The van der Waals surface area contributed by atoms with E-state index in [1.165, 1.54) is 19.4 Å². The maximum absolute atomic E-state index is 13.0. The summed E-state index contributed by atoms with van der Waals surface area (Å²) < 4.78 is 43.7. The predicted octanol–water partition coefficient (Wildman–Crippen LogP) is 3.81. The van der Waals surface area contributed by atoms with Crippen LogP contribution in [0.3, 0.4) is 0 Å². The number of nitrogens with one attached hydrogen (secondary N) is 2. The number of para-hydroxylation sites is 1. The van der Waals surface area contributed by atoms with E-state index in [-0.39, 0.29) is 17.0 Å². The monoisotopic (exact) mass is 362 g/mol. The van der Waals surface area contributed by atoms with Gasteiger partial charge in [-0.05, 0) is 24.3 Å². The fraction of sp³-hybridized carbons (Fsp3) is 0.111. The van der Waals surface area contributed by atoms with Crippen molar-refractivity contribution in [2.75, 3.05) is 12.4 Å². The second-order valence-corrected chi connectivity index (χ2v) is 5.48. The number of pyridine rings is 1. The number of fused-ring (bicyclic) bond motifs is 1. The molecule has 0 atom stereocenters. The number of methoxy groups -OCH3 is 1. The number of ether oxygens (including phenoxy) is 1. The van der Waals surface area contributed by atoms with E-state index in [0.717, 1.165) is 12.1 Å². The number of amides is 1. The zero-order valence-corrected chi connectivity index (χ0v) is 13.5. The van der Waals surface area contributed by atoms with Crippen molar-refractivity contribution in [2.45, 2.75) is 6.18 Å². The number of benzene rings is 2. The van der Waals surface area contributed by atoms with E-state index in [1.807, 2.05) is 0 Å². The fourth-order valence-corrected chi connectivity index (χ4v) is 2.49. The normalized spacial score (nSPS) is 11.4. The van der Waals surface area contributed by atoms with Crippen LogP contribution in [0, 0.1) is 0 Å². The van der Waals surface area contributed by atoms with Gasteiger partial charge in [-0.3, -0.25) is 9.59 Å². The van der Waals surface area contributed by atoms with Crippen molar-refractivity contribution in [3.05, 3.63) is 70.0 Å². The molecule has 0 spiro atoms. The molecule has 0 radical (unpaired) electrons. The molecule has 26 heavy (non-hydrogen) atoms. The van der Waals surface area contributed by atoms with Crippen molar-refractivity contribution in [3.8, 4) is 5.75 Å². The van der Waals surface area contributed by atoms with Crippen LogP contribution in [0.25, 0.3) is 10.9 Å². The molecule has 0 saturated carbocycles. The van der Waals surface area contributed by atoms with Gasteiger partial charge in [-0.15, -0.1) is 0 Å². The lowest BCUT2D eigenvalue weighted by molar-refractivity contribution is -0.137. The molecule has 5 nitrogen and oxygen atoms in total. The smallest absolute Gasteiger partial charge is 0.416 e. The number of alkyl halides is 3. The number of anilines is 1. The van der Waals surface area contributed by atoms with Crippen LogP contribution in [0.4, 0.5) is 18.9 Å². The fourth-order valence-electron chi connectivity index (χ4n) is 2.49. The molecule has 134 valence electrons. The van der Waals surface area contributed by atoms with Gasteiger partial charge in [0.25, 0.3) is 5.91 Å². The molecule has 8 heteroatoms. The first-order valence-electron chi connectivity index (χ1n) is 7.47. The minimum atomic E-state index is -4.60. The summed E-state index contributed by atoms with van der Waals surface area (Å²) in [5.74, 6) is -0.888. The van der Waals surface area contributed by atoms with E-state index in [2.05, 4.69) is 10.3 Å². The van der Waals surface area contributed by atoms with E-state index in [9.17, 15) is 22.8 Å². The second-order valence-electron chi connectivity index (χ2n) is 5.48. The summed E-state index contributed by atoms with van der Waals surface area (Å²) in [4.78, 5) is 27.6. The highest BCUT2D eigenvalue weighted by Crippen LogP contribution is 2.34. The molecule has 2 aromatic carbocycles. The van der Waals surface area contributed by atoms with Gasteiger partial charge in [0.05, 0.1) is 12.7 Å². The van der Waals surface area contributed by atoms with Crippen molar-refractivity contribution >= 4 is 22.5 Å². The molecule has 1 aromatic heterocycles. The summed E-state index contributed by atoms with van der Waals surface area (Å²) in [6, 6.07) is 9.44. The van der Waals surface area contributed by atoms with Crippen LogP contribution < -0.4 is 15.5 Å². The summed E-state index contributed by atoms with van der Waals surface area (Å²) in [5, 5.41) is 2.62. The Morgan fingerprint density at radius 3 is 2.58 bits per heavy atom. The van der Waals surface area contributed by atoms with Crippen LogP contribution in [0.15, 0.2) is 53.5 Å². The molecule has 0 aliphatic rings. The Kier molecular flexibility index (Phi) is 4.41. The zero-order valence-electron chi connectivity index (χ0n) is 13.5. The summed E-state index contributed by atoms with van der Waals surface area (Å²) in [5.41, 5.74) is -1.28. The molecule has 2 N–H and O–H groups in total. The number of H-pyrrole nitrogens is 1.